The molecular formula is C10H14F3N3. The number of halogens is 3. The van der Waals surface area contributed by atoms with Gasteiger partial charge in [-0.25, -0.2) is 5.01 Å². The largest absolute Gasteiger partial charge is 0.408 e. The topological polar surface area (TPSA) is 28.0 Å². The summed E-state index contributed by atoms with van der Waals surface area (Å²) >= 11 is 0. The fourth-order valence-electron chi connectivity index (χ4n) is 1.30. The second-order valence-electron chi connectivity index (χ2n) is 3.51. The van der Waals surface area contributed by atoms with Crippen LogP contribution >= 0.6 is 0 Å². The number of hydrogen-bond acceptors (Lipinski definition) is 2. The normalized spacial score (nSPS) is 21.6. The molecule has 1 unspecified atom stereocenters. The lowest BCUT2D eigenvalue weighted by atomic mass is 10.1. The molecule has 1 aliphatic rings. The lowest BCUT2D eigenvalue weighted by Gasteiger charge is -2.15. The van der Waals surface area contributed by atoms with E-state index in [1.165, 1.54) is 11.1 Å². The van der Waals surface area contributed by atoms with Gasteiger partial charge in [-0.15, -0.1) is 0 Å². The highest BCUT2D eigenvalue weighted by molar-refractivity contribution is 5.93. The summed E-state index contributed by atoms with van der Waals surface area (Å²) in [5, 5.41) is 5.45. The summed E-state index contributed by atoms with van der Waals surface area (Å²) in [5.74, 6) is 0.445. The van der Waals surface area contributed by atoms with Crippen LogP contribution in [0.2, 0.25) is 0 Å². The zero-order valence-electron chi connectivity index (χ0n) is 9.04. The Morgan fingerprint density at radius 2 is 2.38 bits per heavy atom. The minimum absolute atomic E-state index is 0.171. The SMILES string of the molecule is C=CC(=NCC(F)(F)F)N1CC(CC)C=N1. The summed E-state index contributed by atoms with van der Waals surface area (Å²) in [7, 11) is 0. The van der Waals surface area contributed by atoms with E-state index in [9.17, 15) is 13.2 Å². The molecule has 0 N–H and O–H groups in total. The summed E-state index contributed by atoms with van der Waals surface area (Å²) < 4.78 is 36.0. The van der Waals surface area contributed by atoms with Crippen molar-refractivity contribution in [3.8, 4) is 0 Å². The van der Waals surface area contributed by atoms with E-state index < -0.39 is 12.7 Å². The maximum atomic E-state index is 12.0. The van der Waals surface area contributed by atoms with Crippen molar-refractivity contribution >= 4 is 12.1 Å². The van der Waals surface area contributed by atoms with E-state index in [2.05, 4.69) is 16.7 Å². The molecule has 0 aliphatic carbocycles. The third-order valence-corrected chi connectivity index (χ3v) is 2.22. The van der Waals surface area contributed by atoms with Crippen molar-refractivity contribution < 1.29 is 13.2 Å². The van der Waals surface area contributed by atoms with Gasteiger partial charge in [0.05, 0.1) is 6.54 Å². The molecule has 0 saturated carbocycles. The number of alkyl halides is 3. The standard InChI is InChI=1S/C10H14F3N3/c1-3-8-5-15-16(6-8)9(4-2)14-7-10(11,12)13/h4-5,8H,2-3,6-7H2,1H3. The Morgan fingerprint density at radius 3 is 2.81 bits per heavy atom. The first-order chi connectivity index (χ1) is 7.46. The van der Waals surface area contributed by atoms with Gasteiger partial charge in [0.25, 0.3) is 0 Å². The van der Waals surface area contributed by atoms with Crippen LogP contribution in [-0.2, 0) is 0 Å². The highest BCUT2D eigenvalue weighted by Gasteiger charge is 2.27. The fraction of sp³-hybridized carbons (Fsp3) is 0.600. The molecular weight excluding hydrogens is 219 g/mol. The molecule has 0 fully saturated rings. The van der Waals surface area contributed by atoms with Crippen molar-refractivity contribution in [1.29, 1.82) is 0 Å². The molecule has 16 heavy (non-hydrogen) atoms. The molecule has 0 radical (unpaired) electrons. The Kier molecular flexibility index (Phi) is 4.09. The summed E-state index contributed by atoms with van der Waals surface area (Å²) in [6, 6.07) is 0. The van der Waals surface area contributed by atoms with Crippen LogP contribution in [0.5, 0.6) is 0 Å². The van der Waals surface area contributed by atoms with Gasteiger partial charge < -0.3 is 0 Å². The Labute approximate surface area is 92.3 Å². The molecule has 1 aliphatic heterocycles. The van der Waals surface area contributed by atoms with E-state index in [1.807, 2.05) is 6.92 Å². The first-order valence-electron chi connectivity index (χ1n) is 5.01. The van der Waals surface area contributed by atoms with Crippen LogP contribution in [0.25, 0.3) is 0 Å². The predicted molar refractivity (Wildman–Crippen MR) is 57.5 cm³/mol. The van der Waals surface area contributed by atoms with Gasteiger partial charge in [0.1, 0.15) is 12.4 Å². The molecule has 1 atom stereocenters. The number of rotatable bonds is 3. The minimum Gasteiger partial charge on any atom is -0.257 e. The molecule has 0 bridgehead atoms. The smallest absolute Gasteiger partial charge is 0.257 e. The zero-order valence-corrected chi connectivity index (χ0v) is 9.04. The number of aliphatic imine (C=N–C) groups is 1. The van der Waals surface area contributed by atoms with Crippen LogP contribution in [-0.4, -0.2) is 36.3 Å². The van der Waals surface area contributed by atoms with E-state index >= 15 is 0 Å². The van der Waals surface area contributed by atoms with Crippen molar-refractivity contribution in [3.05, 3.63) is 12.7 Å². The van der Waals surface area contributed by atoms with Crippen LogP contribution in [0.3, 0.4) is 0 Å². The van der Waals surface area contributed by atoms with E-state index in [4.69, 9.17) is 0 Å². The molecule has 0 aromatic heterocycles. The van der Waals surface area contributed by atoms with E-state index in [1.54, 1.807) is 6.21 Å². The highest BCUT2D eigenvalue weighted by Crippen LogP contribution is 2.16. The average Bonchev–Trinajstić information content (AvgIpc) is 2.65. The predicted octanol–water partition coefficient (Wildman–Crippen LogP) is 2.46. The fourth-order valence-corrected chi connectivity index (χ4v) is 1.30. The van der Waals surface area contributed by atoms with E-state index in [0.29, 0.717) is 6.54 Å². The van der Waals surface area contributed by atoms with Crippen molar-refractivity contribution in [1.82, 2.24) is 5.01 Å². The van der Waals surface area contributed by atoms with Gasteiger partial charge in [0.2, 0.25) is 0 Å². The van der Waals surface area contributed by atoms with Gasteiger partial charge in [0.15, 0.2) is 0 Å². The number of amidine groups is 1. The summed E-state index contributed by atoms with van der Waals surface area (Å²) in [6.07, 6.45) is -0.362. The van der Waals surface area contributed by atoms with Crippen LogP contribution in [0, 0.1) is 5.92 Å². The molecule has 0 saturated heterocycles. The third kappa shape index (κ3) is 3.67. The molecule has 0 aromatic carbocycles. The molecule has 3 nitrogen and oxygen atoms in total. The Balaban J connectivity index is 2.63. The third-order valence-electron chi connectivity index (χ3n) is 2.22. The number of hydrogen-bond donors (Lipinski definition) is 0. The Hall–Kier alpha value is -1.33. The van der Waals surface area contributed by atoms with Crippen molar-refractivity contribution in [2.24, 2.45) is 16.0 Å². The molecule has 0 amide bonds. The van der Waals surface area contributed by atoms with Gasteiger partial charge in [0, 0.05) is 12.1 Å². The zero-order chi connectivity index (χ0) is 12.2. The highest BCUT2D eigenvalue weighted by atomic mass is 19.4. The lowest BCUT2D eigenvalue weighted by molar-refractivity contribution is -0.118. The van der Waals surface area contributed by atoms with Crippen LogP contribution in [0.4, 0.5) is 13.2 Å². The Bertz CT molecular complexity index is 307. The van der Waals surface area contributed by atoms with Gasteiger partial charge >= 0.3 is 6.18 Å². The number of hydrazone groups is 1. The summed E-state index contributed by atoms with van der Waals surface area (Å²) in [6.45, 7) is 4.82. The van der Waals surface area contributed by atoms with Crippen LogP contribution in [0.1, 0.15) is 13.3 Å². The van der Waals surface area contributed by atoms with Crippen molar-refractivity contribution in [2.75, 3.05) is 13.1 Å². The van der Waals surface area contributed by atoms with Gasteiger partial charge in [-0.1, -0.05) is 13.5 Å². The second-order valence-corrected chi connectivity index (χ2v) is 3.51. The van der Waals surface area contributed by atoms with E-state index in [0.717, 1.165) is 6.42 Å². The number of nitrogens with zero attached hydrogens (tertiary/aromatic N) is 3. The molecule has 6 heteroatoms. The van der Waals surface area contributed by atoms with Crippen LogP contribution in [0.15, 0.2) is 22.7 Å². The quantitative estimate of drug-likeness (QED) is 0.543. The first-order valence-corrected chi connectivity index (χ1v) is 5.01. The van der Waals surface area contributed by atoms with Crippen LogP contribution < -0.4 is 0 Å². The molecule has 0 spiro atoms. The molecule has 1 heterocycles. The minimum atomic E-state index is -4.29. The van der Waals surface area contributed by atoms with Gasteiger partial charge in [-0.05, 0) is 12.5 Å². The molecule has 90 valence electrons. The molecule has 0 aromatic rings. The lowest BCUT2D eigenvalue weighted by Crippen LogP contribution is -2.26. The monoisotopic (exact) mass is 233 g/mol. The maximum Gasteiger partial charge on any atom is 0.408 e. The van der Waals surface area contributed by atoms with Gasteiger partial charge in [-0.3, -0.25) is 4.99 Å². The Morgan fingerprint density at radius 1 is 1.69 bits per heavy atom. The van der Waals surface area contributed by atoms with Crippen molar-refractivity contribution in [3.63, 3.8) is 0 Å². The van der Waals surface area contributed by atoms with Crippen molar-refractivity contribution in [2.45, 2.75) is 19.5 Å². The van der Waals surface area contributed by atoms with E-state index in [-0.39, 0.29) is 11.8 Å². The average molecular weight is 233 g/mol. The summed E-state index contributed by atoms with van der Waals surface area (Å²) in [4.78, 5) is 3.45. The second kappa shape index (κ2) is 5.14. The maximum absolute atomic E-state index is 12.0. The summed E-state index contributed by atoms with van der Waals surface area (Å²) in [5.41, 5.74) is 0. The van der Waals surface area contributed by atoms with Gasteiger partial charge in [-0.2, -0.15) is 18.3 Å². The molecule has 1 rings (SSSR count). The first kappa shape index (κ1) is 12.7.